The summed E-state index contributed by atoms with van der Waals surface area (Å²) in [4.78, 5) is 4.35. The third kappa shape index (κ3) is 3.17. The zero-order chi connectivity index (χ0) is 13.7. The van der Waals surface area contributed by atoms with Crippen molar-refractivity contribution in [3.63, 3.8) is 0 Å². The second-order valence-corrected chi connectivity index (χ2v) is 4.44. The van der Waals surface area contributed by atoms with Gasteiger partial charge in [0.15, 0.2) is 0 Å². The van der Waals surface area contributed by atoms with E-state index in [1.165, 1.54) is 0 Å². The van der Waals surface area contributed by atoms with Crippen molar-refractivity contribution in [2.45, 2.75) is 26.3 Å². The van der Waals surface area contributed by atoms with Gasteiger partial charge in [-0.15, -0.1) is 0 Å². The smallest absolute Gasteiger partial charge is 0.201 e. The van der Waals surface area contributed by atoms with E-state index in [4.69, 9.17) is 15.2 Å². The van der Waals surface area contributed by atoms with Gasteiger partial charge in [0.2, 0.25) is 5.95 Å². The average molecular weight is 263 g/mol. The highest BCUT2D eigenvalue weighted by Gasteiger charge is 2.08. The van der Waals surface area contributed by atoms with Crippen molar-refractivity contribution in [1.82, 2.24) is 9.55 Å². The predicted molar refractivity (Wildman–Crippen MR) is 76.4 cm³/mol. The standard InChI is InChI=1S/C14H21N3O2/c1-3-8-19-9-4-7-17-13-10-11(18-2)5-6-12(13)16-14(17)15/h5-6,10H,3-4,7-9H2,1-2H3,(H2,15,16). The van der Waals surface area contributed by atoms with Crippen molar-refractivity contribution >= 4 is 17.0 Å². The van der Waals surface area contributed by atoms with Crippen LogP contribution in [0.4, 0.5) is 5.95 Å². The minimum absolute atomic E-state index is 0.541. The van der Waals surface area contributed by atoms with Crippen LogP contribution in [0.25, 0.3) is 11.0 Å². The Bertz CT molecular complexity index is 537. The predicted octanol–water partition coefficient (Wildman–Crippen LogP) is 2.44. The summed E-state index contributed by atoms with van der Waals surface area (Å²) in [5, 5.41) is 0. The third-order valence-electron chi connectivity index (χ3n) is 3.00. The van der Waals surface area contributed by atoms with Crippen molar-refractivity contribution in [2.75, 3.05) is 26.1 Å². The molecular formula is C14H21N3O2. The molecule has 0 unspecified atom stereocenters. The molecule has 2 aromatic rings. The van der Waals surface area contributed by atoms with Gasteiger partial charge in [-0.25, -0.2) is 4.98 Å². The van der Waals surface area contributed by atoms with Gasteiger partial charge in [0, 0.05) is 25.8 Å². The molecule has 2 rings (SSSR count). The summed E-state index contributed by atoms with van der Waals surface area (Å²) >= 11 is 0. The monoisotopic (exact) mass is 263 g/mol. The Hall–Kier alpha value is -1.75. The largest absolute Gasteiger partial charge is 0.497 e. The summed E-state index contributed by atoms with van der Waals surface area (Å²) in [5.74, 6) is 1.36. The number of nitrogens with zero attached hydrogens (tertiary/aromatic N) is 2. The first-order valence-corrected chi connectivity index (χ1v) is 6.63. The number of aromatic nitrogens is 2. The summed E-state index contributed by atoms with van der Waals surface area (Å²) in [6.07, 6.45) is 1.97. The maximum atomic E-state index is 5.96. The first-order valence-electron chi connectivity index (χ1n) is 6.63. The lowest BCUT2D eigenvalue weighted by molar-refractivity contribution is 0.129. The number of ether oxygens (including phenoxy) is 2. The molecule has 2 N–H and O–H groups in total. The van der Waals surface area contributed by atoms with Crippen molar-refractivity contribution in [3.05, 3.63) is 18.2 Å². The highest BCUT2D eigenvalue weighted by atomic mass is 16.5. The molecule has 0 radical (unpaired) electrons. The molecule has 0 aliphatic rings. The highest BCUT2D eigenvalue weighted by molar-refractivity contribution is 5.79. The number of aryl methyl sites for hydroxylation is 1. The number of hydrogen-bond acceptors (Lipinski definition) is 4. The quantitative estimate of drug-likeness (QED) is 0.779. The Kier molecular flexibility index (Phi) is 4.63. The lowest BCUT2D eigenvalue weighted by atomic mass is 10.3. The lowest BCUT2D eigenvalue weighted by Gasteiger charge is -2.07. The SMILES string of the molecule is CCCOCCCn1c(N)nc2ccc(OC)cc21. The molecule has 0 saturated carbocycles. The van der Waals surface area contributed by atoms with Crippen LogP contribution in [-0.2, 0) is 11.3 Å². The van der Waals surface area contributed by atoms with E-state index in [0.29, 0.717) is 5.95 Å². The first kappa shape index (κ1) is 13.7. The number of fused-ring (bicyclic) bond motifs is 1. The Balaban J connectivity index is 2.10. The molecule has 0 bridgehead atoms. The Labute approximate surface area is 113 Å². The number of nitrogen functional groups attached to an aromatic ring is 1. The van der Waals surface area contributed by atoms with Gasteiger partial charge in [-0.1, -0.05) is 6.92 Å². The molecule has 0 spiro atoms. The number of methoxy groups -OCH3 is 1. The van der Waals surface area contributed by atoms with Crippen LogP contribution in [0.5, 0.6) is 5.75 Å². The molecule has 5 heteroatoms. The van der Waals surface area contributed by atoms with Crippen LogP contribution in [0.2, 0.25) is 0 Å². The van der Waals surface area contributed by atoms with E-state index in [2.05, 4.69) is 11.9 Å². The van der Waals surface area contributed by atoms with Crippen LogP contribution < -0.4 is 10.5 Å². The van der Waals surface area contributed by atoms with E-state index in [1.54, 1.807) is 7.11 Å². The molecule has 1 heterocycles. The van der Waals surface area contributed by atoms with Gasteiger partial charge in [-0.05, 0) is 25.0 Å². The van der Waals surface area contributed by atoms with Gasteiger partial charge < -0.3 is 19.8 Å². The zero-order valence-electron chi connectivity index (χ0n) is 11.6. The molecule has 0 fully saturated rings. The number of hydrogen-bond donors (Lipinski definition) is 1. The number of nitrogens with two attached hydrogens (primary N) is 1. The molecule has 104 valence electrons. The van der Waals surface area contributed by atoms with E-state index in [-0.39, 0.29) is 0 Å². The van der Waals surface area contributed by atoms with Gasteiger partial charge >= 0.3 is 0 Å². The summed E-state index contributed by atoms with van der Waals surface area (Å²) < 4.78 is 12.7. The van der Waals surface area contributed by atoms with Gasteiger partial charge in [0.05, 0.1) is 18.1 Å². The van der Waals surface area contributed by atoms with E-state index in [1.807, 2.05) is 22.8 Å². The van der Waals surface area contributed by atoms with Crippen LogP contribution >= 0.6 is 0 Å². The topological polar surface area (TPSA) is 62.3 Å². The van der Waals surface area contributed by atoms with Crippen LogP contribution in [-0.4, -0.2) is 29.9 Å². The van der Waals surface area contributed by atoms with E-state index >= 15 is 0 Å². The van der Waals surface area contributed by atoms with Gasteiger partial charge in [0.1, 0.15) is 5.75 Å². The van der Waals surface area contributed by atoms with E-state index < -0.39 is 0 Å². The minimum Gasteiger partial charge on any atom is -0.497 e. The lowest BCUT2D eigenvalue weighted by Crippen LogP contribution is -2.06. The highest BCUT2D eigenvalue weighted by Crippen LogP contribution is 2.23. The van der Waals surface area contributed by atoms with Crippen molar-refractivity contribution in [1.29, 1.82) is 0 Å². The van der Waals surface area contributed by atoms with E-state index in [9.17, 15) is 0 Å². The second-order valence-electron chi connectivity index (χ2n) is 4.44. The van der Waals surface area contributed by atoms with Crippen molar-refractivity contribution < 1.29 is 9.47 Å². The molecule has 1 aromatic carbocycles. The number of benzene rings is 1. The number of imidazole rings is 1. The molecule has 0 aliphatic carbocycles. The Morgan fingerprint density at radius 3 is 2.89 bits per heavy atom. The normalized spacial score (nSPS) is 11.1. The van der Waals surface area contributed by atoms with Crippen molar-refractivity contribution in [3.8, 4) is 5.75 Å². The second kappa shape index (κ2) is 6.43. The van der Waals surface area contributed by atoms with Gasteiger partial charge in [-0.3, -0.25) is 0 Å². The van der Waals surface area contributed by atoms with Gasteiger partial charge in [0.25, 0.3) is 0 Å². The summed E-state index contributed by atoms with van der Waals surface area (Å²) in [5.41, 5.74) is 7.86. The van der Waals surface area contributed by atoms with Gasteiger partial charge in [-0.2, -0.15) is 0 Å². The molecular weight excluding hydrogens is 242 g/mol. The fraction of sp³-hybridized carbons (Fsp3) is 0.500. The summed E-state index contributed by atoms with van der Waals surface area (Å²) in [6, 6.07) is 5.78. The first-order chi connectivity index (χ1) is 9.26. The average Bonchev–Trinajstić information content (AvgIpc) is 2.74. The minimum atomic E-state index is 0.541. The molecule has 0 saturated heterocycles. The zero-order valence-corrected chi connectivity index (χ0v) is 11.6. The fourth-order valence-electron chi connectivity index (χ4n) is 2.05. The van der Waals surface area contributed by atoms with Crippen LogP contribution in [0.3, 0.4) is 0 Å². The molecule has 0 aliphatic heterocycles. The van der Waals surface area contributed by atoms with Crippen LogP contribution in [0, 0.1) is 0 Å². The van der Waals surface area contributed by atoms with Crippen LogP contribution in [0.1, 0.15) is 19.8 Å². The van der Waals surface area contributed by atoms with E-state index in [0.717, 1.165) is 49.4 Å². The fourth-order valence-corrected chi connectivity index (χ4v) is 2.05. The maximum Gasteiger partial charge on any atom is 0.201 e. The number of anilines is 1. The Morgan fingerprint density at radius 2 is 2.16 bits per heavy atom. The third-order valence-corrected chi connectivity index (χ3v) is 3.00. The number of rotatable bonds is 7. The summed E-state index contributed by atoms with van der Waals surface area (Å²) in [6.45, 7) is 4.47. The molecule has 0 amide bonds. The van der Waals surface area contributed by atoms with Crippen LogP contribution in [0.15, 0.2) is 18.2 Å². The van der Waals surface area contributed by atoms with Crippen molar-refractivity contribution in [2.24, 2.45) is 0 Å². The summed E-state index contributed by atoms with van der Waals surface area (Å²) in [7, 11) is 1.66. The molecule has 19 heavy (non-hydrogen) atoms. The Morgan fingerprint density at radius 1 is 1.32 bits per heavy atom. The maximum absolute atomic E-state index is 5.96. The molecule has 5 nitrogen and oxygen atoms in total. The molecule has 0 atom stereocenters. The molecule has 1 aromatic heterocycles.